The van der Waals surface area contributed by atoms with Crippen LogP contribution in [0, 0.1) is 20.8 Å². The third kappa shape index (κ3) is 2.29. The number of hydrogen-bond donors (Lipinski definition) is 1. The number of nitrogens with zero attached hydrogens (tertiary/aromatic N) is 1. The van der Waals surface area contributed by atoms with Crippen molar-refractivity contribution in [1.29, 1.82) is 0 Å². The van der Waals surface area contributed by atoms with E-state index < -0.39 is 0 Å². The number of carbonyl (C=O) groups excluding carboxylic acids is 1. The van der Waals surface area contributed by atoms with Crippen LogP contribution in [0.25, 0.3) is 0 Å². The molecule has 0 spiro atoms. The van der Waals surface area contributed by atoms with Gasteiger partial charge in [-0.05, 0) is 31.9 Å². The van der Waals surface area contributed by atoms with Crippen molar-refractivity contribution >= 4 is 22.3 Å². The molecule has 0 aliphatic carbocycles. The summed E-state index contributed by atoms with van der Waals surface area (Å²) in [4.78, 5) is 16.7. The molecule has 0 amide bonds. The van der Waals surface area contributed by atoms with Gasteiger partial charge in [0.1, 0.15) is 5.69 Å². The molecule has 2 aromatic rings. The lowest BCUT2D eigenvalue weighted by atomic mass is 9.95. The fraction of sp³-hybridized carbons (Fsp3) is 0.286. The van der Waals surface area contributed by atoms with Crippen LogP contribution in [-0.2, 0) is 0 Å². The maximum atomic E-state index is 12.4. The van der Waals surface area contributed by atoms with E-state index in [-0.39, 0.29) is 5.78 Å². The molecule has 0 fully saturated rings. The molecule has 0 radical (unpaired) electrons. The lowest BCUT2D eigenvalue weighted by Crippen LogP contribution is -2.07. The molecule has 3 nitrogen and oxygen atoms in total. The predicted octanol–water partition coefficient (Wildman–Crippen LogP) is 3.34. The first-order valence-corrected chi connectivity index (χ1v) is 6.66. The van der Waals surface area contributed by atoms with Gasteiger partial charge in [0, 0.05) is 18.0 Å². The highest BCUT2D eigenvalue weighted by Crippen LogP contribution is 2.22. The third-order valence-electron chi connectivity index (χ3n) is 2.85. The van der Waals surface area contributed by atoms with Crippen molar-refractivity contribution in [3.8, 4) is 0 Å². The molecule has 0 aliphatic heterocycles. The van der Waals surface area contributed by atoms with Gasteiger partial charge in [-0.3, -0.25) is 4.79 Å². The van der Waals surface area contributed by atoms with Crippen molar-refractivity contribution in [2.75, 3.05) is 12.4 Å². The lowest BCUT2D eigenvalue weighted by molar-refractivity contribution is 0.103. The highest BCUT2D eigenvalue weighted by atomic mass is 32.1. The Kier molecular flexibility index (Phi) is 3.48. The summed E-state index contributed by atoms with van der Waals surface area (Å²) in [6.45, 7) is 5.98. The molecule has 1 N–H and O–H groups in total. The summed E-state index contributed by atoms with van der Waals surface area (Å²) in [5.74, 6) is 0.00255. The number of aryl methyl sites for hydroxylation is 3. The molecule has 0 saturated heterocycles. The number of nitrogens with one attached hydrogen (secondary N) is 1. The molecule has 0 unspecified atom stereocenters. The molecule has 1 aromatic heterocycles. The van der Waals surface area contributed by atoms with Gasteiger partial charge in [-0.1, -0.05) is 17.7 Å². The number of benzene rings is 1. The number of thiazole rings is 1. The van der Waals surface area contributed by atoms with Crippen LogP contribution in [-0.4, -0.2) is 17.8 Å². The van der Waals surface area contributed by atoms with E-state index in [4.69, 9.17) is 0 Å². The van der Waals surface area contributed by atoms with Crippen molar-refractivity contribution in [2.24, 2.45) is 0 Å². The van der Waals surface area contributed by atoms with E-state index in [1.54, 1.807) is 12.4 Å². The molecule has 94 valence electrons. The number of hydrogen-bond acceptors (Lipinski definition) is 4. The standard InChI is InChI=1S/C14H16N2OS/c1-8-5-9(2)12(10(3)6-8)13(17)11-7-18-14(15-4)16-11/h5-7H,1-4H3,(H,15,16). The number of aromatic nitrogens is 1. The highest BCUT2D eigenvalue weighted by Gasteiger charge is 2.17. The van der Waals surface area contributed by atoms with Crippen molar-refractivity contribution < 1.29 is 4.79 Å². The average Bonchev–Trinajstić information content (AvgIpc) is 2.75. The van der Waals surface area contributed by atoms with Crippen LogP contribution in [0.15, 0.2) is 17.5 Å². The van der Waals surface area contributed by atoms with Crippen molar-refractivity contribution in [3.63, 3.8) is 0 Å². The van der Waals surface area contributed by atoms with E-state index in [0.717, 1.165) is 21.8 Å². The second-order valence-corrected chi connectivity index (χ2v) is 5.25. The van der Waals surface area contributed by atoms with Gasteiger partial charge in [0.25, 0.3) is 0 Å². The van der Waals surface area contributed by atoms with Gasteiger partial charge < -0.3 is 5.32 Å². The van der Waals surface area contributed by atoms with Crippen LogP contribution in [0.5, 0.6) is 0 Å². The van der Waals surface area contributed by atoms with Crippen LogP contribution in [0.3, 0.4) is 0 Å². The van der Waals surface area contributed by atoms with E-state index in [1.165, 1.54) is 16.9 Å². The van der Waals surface area contributed by atoms with E-state index >= 15 is 0 Å². The number of rotatable bonds is 3. The van der Waals surface area contributed by atoms with Crippen molar-refractivity contribution in [3.05, 3.63) is 45.5 Å². The smallest absolute Gasteiger partial charge is 0.212 e. The molecule has 0 saturated carbocycles. The lowest BCUT2D eigenvalue weighted by Gasteiger charge is -2.08. The van der Waals surface area contributed by atoms with Crippen molar-refractivity contribution in [1.82, 2.24) is 4.98 Å². The molecular formula is C14H16N2OS. The Balaban J connectivity index is 2.46. The van der Waals surface area contributed by atoms with Gasteiger partial charge >= 0.3 is 0 Å². The topological polar surface area (TPSA) is 42.0 Å². The van der Waals surface area contributed by atoms with Crippen LogP contribution >= 0.6 is 11.3 Å². The molecule has 0 bridgehead atoms. The van der Waals surface area contributed by atoms with E-state index in [1.807, 2.05) is 32.9 Å². The molecule has 0 atom stereocenters. The van der Waals surface area contributed by atoms with Gasteiger partial charge in [0.15, 0.2) is 5.13 Å². The van der Waals surface area contributed by atoms with Crippen LogP contribution < -0.4 is 5.32 Å². The fourth-order valence-corrected chi connectivity index (χ4v) is 2.81. The zero-order chi connectivity index (χ0) is 13.3. The Hall–Kier alpha value is -1.68. The minimum atomic E-state index is 0.00255. The Morgan fingerprint density at radius 2 is 1.83 bits per heavy atom. The van der Waals surface area contributed by atoms with E-state index in [0.29, 0.717) is 5.69 Å². The zero-order valence-corrected chi connectivity index (χ0v) is 11.8. The van der Waals surface area contributed by atoms with Gasteiger partial charge in [-0.25, -0.2) is 4.98 Å². The Bertz CT molecular complexity index is 579. The molecule has 1 heterocycles. The molecular weight excluding hydrogens is 244 g/mol. The molecule has 4 heteroatoms. The summed E-state index contributed by atoms with van der Waals surface area (Å²) in [5, 5.41) is 5.51. The zero-order valence-electron chi connectivity index (χ0n) is 11.0. The maximum absolute atomic E-state index is 12.4. The minimum absolute atomic E-state index is 0.00255. The predicted molar refractivity (Wildman–Crippen MR) is 75.7 cm³/mol. The summed E-state index contributed by atoms with van der Waals surface area (Å²) < 4.78 is 0. The van der Waals surface area contributed by atoms with Crippen molar-refractivity contribution in [2.45, 2.75) is 20.8 Å². The number of carbonyl (C=O) groups is 1. The quantitative estimate of drug-likeness (QED) is 0.861. The van der Waals surface area contributed by atoms with E-state index in [2.05, 4.69) is 10.3 Å². The number of ketones is 1. The van der Waals surface area contributed by atoms with Crippen LogP contribution in [0.4, 0.5) is 5.13 Å². The summed E-state index contributed by atoms with van der Waals surface area (Å²) >= 11 is 1.44. The van der Waals surface area contributed by atoms with Gasteiger partial charge in [-0.15, -0.1) is 11.3 Å². The Morgan fingerprint density at radius 1 is 1.22 bits per heavy atom. The highest BCUT2D eigenvalue weighted by molar-refractivity contribution is 7.13. The van der Waals surface area contributed by atoms with Crippen LogP contribution in [0.1, 0.15) is 32.7 Å². The minimum Gasteiger partial charge on any atom is -0.365 e. The summed E-state index contributed by atoms with van der Waals surface area (Å²) in [6.07, 6.45) is 0. The monoisotopic (exact) mass is 260 g/mol. The first kappa shape index (κ1) is 12.8. The summed E-state index contributed by atoms with van der Waals surface area (Å²) in [7, 11) is 1.80. The third-order valence-corrected chi connectivity index (χ3v) is 3.71. The molecule has 18 heavy (non-hydrogen) atoms. The average molecular weight is 260 g/mol. The second-order valence-electron chi connectivity index (χ2n) is 4.39. The maximum Gasteiger partial charge on any atom is 0.212 e. The number of anilines is 1. The molecule has 1 aromatic carbocycles. The largest absolute Gasteiger partial charge is 0.365 e. The first-order valence-electron chi connectivity index (χ1n) is 5.78. The summed E-state index contributed by atoms with van der Waals surface area (Å²) in [6, 6.07) is 4.07. The Morgan fingerprint density at radius 3 is 2.33 bits per heavy atom. The van der Waals surface area contributed by atoms with Gasteiger partial charge in [0.05, 0.1) is 0 Å². The van der Waals surface area contributed by atoms with E-state index in [9.17, 15) is 4.79 Å². The SMILES string of the molecule is CNc1nc(C(=O)c2c(C)cc(C)cc2C)cs1. The van der Waals surface area contributed by atoms with Gasteiger partial charge in [0.2, 0.25) is 5.78 Å². The van der Waals surface area contributed by atoms with Gasteiger partial charge in [-0.2, -0.15) is 0 Å². The first-order chi connectivity index (χ1) is 8.52. The second kappa shape index (κ2) is 4.90. The normalized spacial score (nSPS) is 10.4. The summed E-state index contributed by atoms with van der Waals surface area (Å²) in [5.41, 5.74) is 4.48. The Labute approximate surface area is 111 Å². The molecule has 0 aliphatic rings. The van der Waals surface area contributed by atoms with Crippen LogP contribution in [0.2, 0.25) is 0 Å². The molecule has 2 rings (SSSR count). The fourth-order valence-electron chi connectivity index (χ4n) is 2.16.